The van der Waals surface area contributed by atoms with E-state index in [-0.39, 0.29) is 10.8 Å². The Balaban J connectivity index is 1.66. The first-order chi connectivity index (χ1) is 14.6. The van der Waals surface area contributed by atoms with Crippen LogP contribution in [-0.4, -0.2) is 0 Å². The number of fused-ring (bicyclic) bond motifs is 2. The van der Waals surface area contributed by atoms with E-state index < -0.39 is 0 Å². The van der Waals surface area contributed by atoms with E-state index in [1.807, 2.05) is 0 Å². The first-order valence-electron chi connectivity index (χ1n) is 11.4. The quantitative estimate of drug-likeness (QED) is 0.338. The molecule has 0 bridgehead atoms. The maximum Gasteiger partial charge on any atom is 0.0221 e. The number of benzene rings is 4. The average molecular weight is 410 g/mol. The van der Waals surface area contributed by atoms with Gasteiger partial charge in [0.1, 0.15) is 0 Å². The largest absolute Gasteiger partial charge is 0.309 e. The molecule has 0 spiro atoms. The summed E-state index contributed by atoms with van der Waals surface area (Å²) in [7, 11) is 0. The van der Waals surface area contributed by atoms with Crippen LogP contribution in [0.4, 0.5) is 0 Å². The number of rotatable bonds is 4. The van der Waals surface area contributed by atoms with Crippen molar-refractivity contribution in [1.82, 2.24) is 5.32 Å². The molecule has 1 heteroatoms. The van der Waals surface area contributed by atoms with Crippen molar-refractivity contribution in [2.45, 2.75) is 65.5 Å². The molecule has 0 fully saturated rings. The second-order valence-electron chi connectivity index (χ2n) is 10.8. The van der Waals surface area contributed by atoms with Crippen molar-refractivity contribution in [3.63, 3.8) is 0 Å². The zero-order valence-electron chi connectivity index (χ0n) is 19.8. The van der Waals surface area contributed by atoms with Gasteiger partial charge in [0.15, 0.2) is 0 Å². The molecule has 0 unspecified atom stereocenters. The first kappa shape index (κ1) is 21.6. The van der Waals surface area contributed by atoms with Crippen LogP contribution in [0.15, 0.2) is 72.8 Å². The highest BCUT2D eigenvalue weighted by Crippen LogP contribution is 2.31. The molecule has 0 saturated carbocycles. The zero-order chi connectivity index (χ0) is 22.2. The van der Waals surface area contributed by atoms with Gasteiger partial charge < -0.3 is 5.32 Å². The van der Waals surface area contributed by atoms with Gasteiger partial charge >= 0.3 is 0 Å². The lowest BCUT2D eigenvalue weighted by Gasteiger charge is -2.26. The molecule has 0 radical (unpaired) electrons. The van der Waals surface area contributed by atoms with E-state index in [0.29, 0.717) is 0 Å². The molecule has 0 aliphatic rings. The van der Waals surface area contributed by atoms with Crippen LogP contribution >= 0.6 is 0 Å². The van der Waals surface area contributed by atoms with Crippen molar-refractivity contribution in [1.29, 1.82) is 0 Å². The number of nitrogens with one attached hydrogen (secondary N) is 1. The summed E-state index contributed by atoms with van der Waals surface area (Å²) in [6.45, 7) is 15.5. The fraction of sp³-hybridized carbons (Fsp3) is 0.333. The standard InChI is InChI=1S/C30H35N/c1-29(2,3)24-15-21(16-25(18-24)30(4,5)6)19-31-20-28-26-13-9-7-11-22(26)17-23-12-8-10-14-27(23)28/h7-18,31H,19-20H2,1-6H3. The van der Waals surface area contributed by atoms with Gasteiger partial charge in [0.2, 0.25) is 0 Å². The van der Waals surface area contributed by atoms with Gasteiger partial charge in [-0.1, -0.05) is 108 Å². The molecule has 4 rings (SSSR count). The molecule has 0 aliphatic carbocycles. The molecule has 4 aromatic rings. The lowest BCUT2D eigenvalue weighted by atomic mass is 9.79. The molecular formula is C30H35N. The molecule has 0 saturated heterocycles. The van der Waals surface area contributed by atoms with Gasteiger partial charge in [-0.2, -0.15) is 0 Å². The Morgan fingerprint density at radius 3 is 1.55 bits per heavy atom. The van der Waals surface area contributed by atoms with Gasteiger partial charge in [-0.05, 0) is 60.7 Å². The summed E-state index contributed by atoms with van der Waals surface area (Å²) in [5, 5.41) is 9.06. The van der Waals surface area contributed by atoms with Gasteiger partial charge in [0, 0.05) is 13.1 Å². The summed E-state index contributed by atoms with van der Waals surface area (Å²) in [5.41, 5.74) is 5.85. The van der Waals surface area contributed by atoms with Gasteiger partial charge in [-0.15, -0.1) is 0 Å². The van der Waals surface area contributed by atoms with E-state index in [9.17, 15) is 0 Å². The monoisotopic (exact) mass is 409 g/mol. The van der Waals surface area contributed by atoms with Crippen molar-refractivity contribution in [3.8, 4) is 0 Å². The Hall–Kier alpha value is -2.64. The molecule has 0 aromatic heterocycles. The average Bonchev–Trinajstić information content (AvgIpc) is 2.72. The van der Waals surface area contributed by atoms with E-state index in [2.05, 4.69) is 120 Å². The minimum atomic E-state index is 0.141. The maximum atomic E-state index is 3.76. The highest BCUT2D eigenvalue weighted by molar-refractivity contribution is 6.02. The molecule has 0 atom stereocenters. The fourth-order valence-corrected chi connectivity index (χ4v) is 4.29. The van der Waals surface area contributed by atoms with Crippen molar-refractivity contribution < 1.29 is 0 Å². The summed E-state index contributed by atoms with van der Waals surface area (Å²) >= 11 is 0. The van der Waals surface area contributed by atoms with Gasteiger partial charge in [0.25, 0.3) is 0 Å². The van der Waals surface area contributed by atoms with Crippen LogP contribution in [0.25, 0.3) is 21.5 Å². The van der Waals surface area contributed by atoms with Gasteiger partial charge in [0.05, 0.1) is 0 Å². The Labute approximate surface area is 187 Å². The summed E-state index contributed by atoms with van der Waals surface area (Å²) in [5.74, 6) is 0. The molecule has 0 amide bonds. The molecule has 1 N–H and O–H groups in total. The predicted molar refractivity (Wildman–Crippen MR) is 136 cm³/mol. The van der Waals surface area contributed by atoms with E-state index in [1.54, 1.807) is 0 Å². The summed E-state index contributed by atoms with van der Waals surface area (Å²) < 4.78 is 0. The number of hydrogen-bond donors (Lipinski definition) is 1. The van der Waals surface area contributed by atoms with E-state index in [1.165, 1.54) is 43.8 Å². The Kier molecular flexibility index (Phi) is 5.66. The van der Waals surface area contributed by atoms with Crippen LogP contribution < -0.4 is 5.32 Å². The van der Waals surface area contributed by atoms with Crippen LogP contribution in [0.5, 0.6) is 0 Å². The van der Waals surface area contributed by atoms with Crippen LogP contribution in [0.2, 0.25) is 0 Å². The SMILES string of the molecule is CC(C)(C)c1cc(CNCc2c3ccccc3cc3ccccc23)cc(C(C)(C)C)c1. The maximum absolute atomic E-state index is 3.76. The van der Waals surface area contributed by atoms with Crippen molar-refractivity contribution >= 4 is 21.5 Å². The Morgan fingerprint density at radius 2 is 1.06 bits per heavy atom. The van der Waals surface area contributed by atoms with Gasteiger partial charge in [-0.25, -0.2) is 0 Å². The van der Waals surface area contributed by atoms with E-state index in [4.69, 9.17) is 0 Å². The molecule has 4 aromatic carbocycles. The summed E-state index contributed by atoms with van der Waals surface area (Å²) in [6, 6.07) is 26.9. The molecule has 0 aliphatic heterocycles. The Bertz CT molecular complexity index is 1130. The molecule has 1 nitrogen and oxygen atoms in total. The van der Waals surface area contributed by atoms with Crippen LogP contribution in [0.3, 0.4) is 0 Å². The highest BCUT2D eigenvalue weighted by Gasteiger charge is 2.20. The minimum Gasteiger partial charge on any atom is -0.309 e. The number of hydrogen-bond acceptors (Lipinski definition) is 1. The van der Waals surface area contributed by atoms with Crippen LogP contribution in [-0.2, 0) is 23.9 Å². The Morgan fingerprint density at radius 1 is 0.581 bits per heavy atom. The second-order valence-corrected chi connectivity index (χ2v) is 10.8. The lowest BCUT2D eigenvalue weighted by molar-refractivity contribution is 0.565. The fourth-order valence-electron chi connectivity index (χ4n) is 4.29. The molecular weight excluding hydrogens is 374 g/mol. The third-order valence-corrected chi connectivity index (χ3v) is 6.24. The van der Waals surface area contributed by atoms with Crippen LogP contribution in [0, 0.1) is 0 Å². The molecule has 0 heterocycles. The smallest absolute Gasteiger partial charge is 0.0221 e. The van der Waals surface area contributed by atoms with Crippen molar-refractivity contribution in [2.75, 3.05) is 0 Å². The summed E-state index contributed by atoms with van der Waals surface area (Å²) in [4.78, 5) is 0. The third kappa shape index (κ3) is 4.67. The van der Waals surface area contributed by atoms with E-state index >= 15 is 0 Å². The second kappa shape index (κ2) is 8.13. The minimum absolute atomic E-state index is 0.141. The summed E-state index contributed by atoms with van der Waals surface area (Å²) in [6.07, 6.45) is 0. The van der Waals surface area contributed by atoms with Crippen LogP contribution in [0.1, 0.15) is 63.8 Å². The first-order valence-corrected chi connectivity index (χ1v) is 11.4. The van der Waals surface area contributed by atoms with Crippen molar-refractivity contribution in [2.24, 2.45) is 0 Å². The zero-order valence-corrected chi connectivity index (χ0v) is 19.8. The third-order valence-electron chi connectivity index (χ3n) is 6.24. The predicted octanol–water partition coefficient (Wildman–Crippen LogP) is 7.88. The molecule has 31 heavy (non-hydrogen) atoms. The topological polar surface area (TPSA) is 12.0 Å². The van der Waals surface area contributed by atoms with Gasteiger partial charge in [-0.3, -0.25) is 0 Å². The highest BCUT2D eigenvalue weighted by atomic mass is 14.8. The van der Waals surface area contributed by atoms with E-state index in [0.717, 1.165) is 13.1 Å². The normalized spacial score (nSPS) is 12.6. The lowest BCUT2D eigenvalue weighted by Crippen LogP contribution is -2.19. The van der Waals surface area contributed by atoms with Crippen molar-refractivity contribution in [3.05, 3.63) is 95.1 Å². The molecule has 160 valence electrons.